The Morgan fingerprint density at radius 2 is 1.90 bits per heavy atom. The lowest BCUT2D eigenvalue weighted by atomic mass is 9.82. The summed E-state index contributed by atoms with van der Waals surface area (Å²) in [5.74, 6) is 2.42. The Balaban J connectivity index is 1.32. The van der Waals surface area contributed by atoms with Gasteiger partial charge < -0.3 is 4.90 Å². The van der Waals surface area contributed by atoms with Crippen molar-refractivity contribution in [3.05, 3.63) is 57.8 Å². The van der Waals surface area contributed by atoms with Gasteiger partial charge in [0.05, 0.1) is 0 Å². The van der Waals surface area contributed by atoms with E-state index in [2.05, 4.69) is 64.7 Å². The van der Waals surface area contributed by atoms with Gasteiger partial charge in [0.15, 0.2) is 0 Å². The van der Waals surface area contributed by atoms with Crippen molar-refractivity contribution >= 4 is 17.2 Å². The van der Waals surface area contributed by atoms with Crippen molar-refractivity contribution in [1.29, 1.82) is 0 Å². The van der Waals surface area contributed by atoms with Gasteiger partial charge in [0, 0.05) is 50.0 Å². The summed E-state index contributed by atoms with van der Waals surface area (Å²) in [6, 6.07) is 11.9. The highest BCUT2D eigenvalue weighted by molar-refractivity contribution is 7.08. The first-order valence-corrected chi connectivity index (χ1v) is 12.2. The number of rotatable bonds is 5. The highest BCUT2D eigenvalue weighted by atomic mass is 32.1. The lowest BCUT2D eigenvalue weighted by Crippen LogP contribution is -2.48. The molecule has 0 unspecified atom stereocenters. The van der Waals surface area contributed by atoms with E-state index in [1.165, 1.54) is 16.7 Å². The van der Waals surface area contributed by atoms with Crippen LogP contribution in [0.3, 0.4) is 0 Å². The number of thiophene rings is 1. The minimum atomic E-state index is 0.328. The molecule has 0 N–H and O–H groups in total. The second-order valence-corrected chi connectivity index (χ2v) is 10.4. The van der Waals surface area contributed by atoms with Crippen LogP contribution in [0.4, 0.5) is 0 Å². The topological polar surface area (TPSA) is 23.6 Å². The van der Waals surface area contributed by atoms with Crippen molar-refractivity contribution in [2.75, 3.05) is 19.6 Å². The van der Waals surface area contributed by atoms with Gasteiger partial charge >= 0.3 is 0 Å². The fourth-order valence-corrected chi connectivity index (χ4v) is 6.10. The third-order valence-electron chi connectivity index (χ3n) is 7.25. The SMILES string of the molecule is CC(C)c1ccc(CN2CC[C@H]3[C@@H](C2)[C@H](c2ccsc2)CN3C(=O)C2CC2)cc1. The molecule has 29 heavy (non-hydrogen) atoms. The van der Waals surface area contributed by atoms with Crippen LogP contribution in [0.5, 0.6) is 0 Å². The third kappa shape index (κ3) is 3.89. The van der Waals surface area contributed by atoms with E-state index in [1.807, 2.05) is 0 Å². The van der Waals surface area contributed by atoms with E-state index in [9.17, 15) is 4.79 Å². The van der Waals surface area contributed by atoms with Crippen molar-refractivity contribution in [2.24, 2.45) is 11.8 Å². The standard InChI is InChI=1S/C25H32N2OS/c1-17(2)19-5-3-18(4-6-19)13-26-11-9-24-23(14-26)22(21-10-12-29-16-21)15-27(24)25(28)20-7-8-20/h3-6,10,12,16-17,20,22-24H,7-9,11,13-15H2,1-2H3/t22-,23-,24-/m0/s1. The molecule has 3 fully saturated rings. The van der Waals surface area contributed by atoms with Crippen molar-refractivity contribution in [3.63, 3.8) is 0 Å². The molecule has 2 saturated heterocycles. The molecule has 1 aromatic heterocycles. The molecule has 0 radical (unpaired) electrons. The van der Waals surface area contributed by atoms with Gasteiger partial charge in [-0.1, -0.05) is 38.1 Å². The first-order valence-electron chi connectivity index (χ1n) is 11.2. The number of nitrogens with zero attached hydrogens (tertiary/aromatic N) is 2. The van der Waals surface area contributed by atoms with Gasteiger partial charge in [-0.05, 0) is 58.7 Å². The number of hydrogen-bond acceptors (Lipinski definition) is 3. The van der Waals surface area contributed by atoms with Crippen LogP contribution in [0.25, 0.3) is 0 Å². The molecule has 1 saturated carbocycles. The Kier molecular flexibility index (Phi) is 5.25. The maximum Gasteiger partial charge on any atom is 0.225 e. The predicted molar refractivity (Wildman–Crippen MR) is 119 cm³/mol. The molecule has 4 heteroatoms. The van der Waals surface area contributed by atoms with Crippen LogP contribution in [0, 0.1) is 11.8 Å². The van der Waals surface area contributed by atoms with Gasteiger partial charge in [0.25, 0.3) is 0 Å². The number of carbonyl (C=O) groups is 1. The van der Waals surface area contributed by atoms with E-state index in [0.717, 1.165) is 45.4 Å². The highest BCUT2D eigenvalue weighted by Gasteiger charge is 2.49. The molecular weight excluding hydrogens is 376 g/mol. The number of likely N-dealkylation sites (tertiary alicyclic amines) is 2. The fraction of sp³-hybridized carbons (Fsp3) is 0.560. The van der Waals surface area contributed by atoms with Crippen LogP contribution >= 0.6 is 11.3 Å². The quantitative estimate of drug-likeness (QED) is 0.687. The Morgan fingerprint density at radius 3 is 2.55 bits per heavy atom. The van der Waals surface area contributed by atoms with Crippen LogP contribution in [0.1, 0.15) is 61.6 Å². The first kappa shape index (κ1) is 19.3. The van der Waals surface area contributed by atoms with Gasteiger partial charge in [0.1, 0.15) is 0 Å². The molecule has 154 valence electrons. The summed E-state index contributed by atoms with van der Waals surface area (Å²) >= 11 is 1.78. The third-order valence-corrected chi connectivity index (χ3v) is 7.95. The number of piperidine rings is 1. The monoisotopic (exact) mass is 408 g/mol. The van der Waals surface area contributed by atoms with E-state index in [4.69, 9.17) is 0 Å². The second kappa shape index (κ2) is 7.88. The Bertz CT molecular complexity index is 840. The molecule has 1 aromatic carbocycles. The lowest BCUT2D eigenvalue weighted by Gasteiger charge is -2.39. The molecule has 5 rings (SSSR count). The predicted octanol–water partition coefficient (Wildman–Crippen LogP) is 5.10. The number of amides is 1. The van der Waals surface area contributed by atoms with Gasteiger partial charge in [0.2, 0.25) is 5.91 Å². The van der Waals surface area contributed by atoms with Gasteiger partial charge in [-0.15, -0.1) is 0 Å². The minimum Gasteiger partial charge on any atom is -0.338 e. The van der Waals surface area contributed by atoms with E-state index in [-0.39, 0.29) is 0 Å². The van der Waals surface area contributed by atoms with E-state index in [0.29, 0.717) is 35.6 Å². The molecule has 3 heterocycles. The average Bonchev–Trinajstić information content (AvgIpc) is 3.30. The van der Waals surface area contributed by atoms with Crippen LogP contribution in [0.15, 0.2) is 41.1 Å². The van der Waals surface area contributed by atoms with Crippen LogP contribution in [-0.2, 0) is 11.3 Å². The van der Waals surface area contributed by atoms with Crippen molar-refractivity contribution in [2.45, 2.75) is 57.5 Å². The average molecular weight is 409 g/mol. The van der Waals surface area contributed by atoms with Crippen LogP contribution in [0.2, 0.25) is 0 Å². The summed E-state index contributed by atoms with van der Waals surface area (Å²) in [6.45, 7) is 8.65. The molecule has 1 amide bonds. The van der Waals surface area contributed by atoms with E-state index in [1.54, 1.807) is 11.3 Å². The molecule has 3 nitrogen and oxygen atoms in total. The maximum atomic E-state index is 13.0. The number of hydrogen-bond donors (Lipinski definition) is 0. The van der Waals surface area contributed by atoms with Crippen molar-refractivity contribution < 1.29 is 4.79 Å². The Morgan fingerprint density at radius 1 is 1.10 bits per heavy atom. The molecule has 0 bridgehead atoms. The molecule has 2 aliphatic heterocycles. The van der Waals surface area contributed by atoms with Crippen LogP contribution < -0.4 is 0 Å². The molecule has 2 aromatic rings. The van der Waals surface area contributed by atoms with Crippen molar-refractivity contribution in [3.8, 4) is 0 Å². The summed E-state index contributed by atoms with van der Waals surface area (Å²) in [4.78, 5) is 17.9. The maximum absolute atomic E-state index is 13.0. The van der Waals surface area contributed by atoms with Crippen molar-refractivity contribution in [1.82, 2.24) is 9.80 Å². The molecule has 1 aliphatic carbocycles. The lowest BCUT2D eigenvalue weighted by molar-refractivity contribution is -0.134. The Labute approximate surface area is 178 Å². The minimum absolute atomic E-state index is 0.328. The summed E-state index contributed by atoms with van der Waals surface area (Å²) in [7, 11) is 0. The summed E-state index contributed by atoms with van der Waals surface area (Å²) < 4.78 is 0. The normalized spacial score (nSPS) is 27.4. The zero-order valence-electron chi connectivity index (χ0n) is 17.6. The first-order chi connectivity index (χ1) is 14.1. The molecular formula is C25H32N2OS. The van der Waals surface area contributed by atoms with Gasteiger partial charge in [-0.2, -0.15) is 11.3 Å². The molecule has 0 spiro atoms. The zero-order chi connectivity index (χ0) is 20.0. The largest absolute Gasteiger partial charge is 0.338 e. The molecule has 3 aliphatic rings. The smallest absolute Gasteiger partial charge is 0.225 e. The fourth-order valence-electron chi connectivity index (χ4n) is 5.37. The van der Waals surface area contributed by atoms with Gasteiger partial charge in [-0.3, -0.25) is 9.69 Å². The van der Waals surface area contributed by atoms with Crippen LogP contribution in [-0.4, -0.2) is 41.4 Å². The zero-order valence-corrected chi connectivity index (χ0v) is 18.4. The number of benzene rings is 1. The second-order valence-electron chi connectivity index (χ2n) is 9.58. The van der Waals surface area contributed by atoms with E-state index < -0.39 is 0 Å². The number of fused-ring (bicyclic) bond motifs is 1. The summed E-state index contributed by atoms with van der Waals surface area (Å²) in [6.07, 6.45) is 3.33. The highest BCUT2D eigenvalue weighted by Crippen LogP contribution is 2.44. The van der Waals surface area contributed by atoms with E-state index >= 15 is 0 Å². The summed E-state index contributed by atoms with van der Waals surface area (Å²) in [5.41, 5.74) is 4.26. The summed E-state index contributed by atoms with van der Waals surface area (Å²) in [5, 5.41) is 4.49. The van der Waals surface area contributed by atoms with Gasteiger partial charge in [-0.25, -0.2) is 0 Å². The number of carbonyl (C=O) groups excluding carboxylic acids is 1. The Hall–Kier alpha value is -1.65. The molecule has 3 atom stereocenters.